The number of hydrogen-bond acceptors (Lipinski definition) is 1. The molecule has 0 aliphatic rings. The summed E-state index contributed by atoms with van der Waals surface area (Å²) >= 11 is 0. The average Bonchev–Trinajstić information content (AvgIpc) is 1.98. The van der Waals surface area contributed by atoms with E-state index >= 15 is 0 Å². The van der Waals surface area contributed by atoms with Gasteiger partial charge in [-0.3, -0.25) is 4.79 Å². The van der Waals surface area contributed by atoms with Crippen LogP contribution in [0, 0.1) is 0 Å². The first-order valence-electron chi connectivity index (χ1n) is 4.33. The lowest BCUT2D eigenvalue weighted by Gasteiger charge is -1.96. The average molecular weight is 179 g/mol. The van der Waals surface area contributed by atoms with Gasteiger partial charge in [-0.1, -0.05) is 33.1 Å². The van der Waals surface area contributed by atoms with E-state index < -0.39 is 0 Å². The molecule has 0 atom stereocenters. The predicted molar refractivity (Wildman–Crippen MR) is 51.3 cm³/mol. The summed E-state index contributed by atoms with van der Waals surface area (Å²) in [5, 5.41) is 0. The topological polar surface area (TPSA) is 17.1 Å². The number of rotatable bonds is 6. The molecule has 0 aromatic heterocycles. The zero-order valence-corrected chi connectivity index (χ0v) is 8.38. The van der Waals surface area contributed by atoms with Gasteiger partial charge < -0.3 is 0 Å². The van der Waals surface area contributed by atoms with Gasteiger partial charge >= 0.3 is 0 Å². The van der Waals surface area contributed by atoms with E-state index in [4.69, 9.17) is 0 Å². The second kappa shape index (κ2) is 9.96. The van der Waals surface area contributed by atoms with Crippen LogP contribution in [0.15, 0.2) is 0 Å². The maximum Gasteiger partial charge on any atom is 0.132 e. The Kier molecular flexibility index (Phi) is 12.3. The molecular weight excluding hydrogens is 160 g/mol. The molecule has 0 rings (SSSR count). The van der Waals surface area contributed by atoms with Gasteiger partial charge in [-0.05, 0) is 6.42 Å². The normalized spacial score (nSPS) is 8.91. The van der Waals surface area contributed by atoms with Crippen LogP contribution in [0.2, 0.25) is 0 Å². The highest BCUT2D eigenvalue weighted by Gasteiger charge is 1.95. The van der Waals surface area contributed by atoms with E-state index in [0.717, 1.165) is 12.8 Å². The molecule has 0 saturated heterocycles. The zero-order chi connectivity index (χ0) is 7.82. The van der Waals surface area contributed by atoms with Crippen LogP contribution < -0.4 is 0 Å². The van der Waals surface area contributed by atoms with Crippen LogP contribution >= 0.6 is 12.4 Å². The van der Waals surface area contributed by atoms with Gasteiger partial charge in [0.1, 0.15) is 5.78 Å². The SMILES string of the molecule is CCCCCCC(=O)CC.Cl. The number of carbonyl (C=O) groups is 1. The summed E-state index contributed by atoms with van der Waals surface area (Å²) in [7, 11) is 0. The van der Waals surface area contributed by atoms with Gasteiger partial charge in [-0.25, -0.2) is 0 Å². The van der Waals surface area contributed by atoms with E-state index in [0.29, 0.717) is 12.2 Å². The fourth-order valence-corrected chi connectivity index (χ4v) is 0.926. The maximum absolute atomic E-state index is 10.8. The quantitative estimate of drug-likeness (QED) is 0.570. The molecule has 0 spiro atoms. The number of ketones is 1. The van der Waals surface area contributed by atoms with E-state index in [2.05, 4.69) is 6.92 Å². The molecule has 68 valence electrons. The molecule has 2 heteroatoms. The fourth-order valence-electron chi connectivity index (χ4n) is 0.926. The smallest absolute Gasteiger partial charge is 0.132 e. The van der Waals surface area contributed by atoms with E-state index in [1.807, 2.05) is 6.92 Å². The maximum atomic E-state index is 10.8. The molecular formula is C9H19ClO. The van der Waals surface area contributed by atoms with Gasteiger partial charge in [-0.2, -0.15) is 0 Å². The van der Waals surface area contributed by atoms with Crippen molar-refractivity contribution in [1.29, 1.82) is 0 Å². The van der Waals surface area contributed by atoms with Crippen molar-refractivity contribution in [2.24, 2.45) is 0 Å². The molecule has 0 fully saturated rings. The number of unbranched alkanes of at least 4 members (excludes halogenated alkanes) is 3. The minimum absolute atomic E-state index is 0. The zero-order valence-electron chi connectivity index (χ0n) is 7.56. The lowest BCUT2D eigenvalue weighted by atomic mass is 10.1. The van der Waals surface area contributed by atoms with Crippen LogP contribution in [0.3, 0.4) is 0 Å². The number of halogens is 1. The van der Waals surface area contributed by atoms with Gasteiger partial charge in [0.05, 0.1) is 0 Å². The molecule has 0 aromatic carbocycles. The van der Waals surface area contributed by atoms with E-state index in [-0.39, 0.29) is 12.4 Å². The highest BCUT2D eigenvalue weighted by Crippen LogP contribution is 2.03. The molecule has 0 unspecified atom stereocenters. The predicted octanol–water partition coefficient (Wildman–Crippen LogP) is 3.36. The summed E-state index contributed by atoms with van der Waals surface area (Å²) < 4.78 is 0. The minimum Gasteiger partial charge on any atom is -0.300 e. The number of Topliss-reactive ketones (excluding diaryl/α,β-unsaturated/α-hetero) is 1. The monoisotopic (exact) mass is 178 g/mol. The third kappa shape index (κ3) is 9.96. The molecule has 0 heterocycles. The van der Waals surface area contributed by atoms with Gasteiger partial charge in [-0.15, -0.1) is 12.4 Å². The summed E-state index contributed by atoms with van der Waals surface area (Å²) in [6, 6.07) is 0. The van der Waals surface area contributed by atoms with Crippen molar-refractivity contribution in [3.05, 3.63) is 0 Å². The van der Waals surface area contributed by atoms with Gasteiger partial charge in [0.2, 0.25) is 0 Å². The van der Waals surface area contributed by atoms with E-state index in [1.54, 1.807) is 0 Å². The molecule has 0 N–H and O–H groups in total. The van der Waals surface area contributed by atoms with Crippen molar-refractivity contribution in [3.8, 4) is 0 Å². The molecule has 0 aromatic rings. The minimum atomic E-state index is 0. The summed E-state index contributed by atoms with van der Waals surface area (Å²) in [5.74, 6) is 0.413. The largest absolute Gasteiger partial charge is 0.300 e. The standard InChI is InChI=1S/C9H18O.ClH/c1-3-5-6-7-8-9(10)4-2;/h3-8H2,1-2H3;1H. The number of hydrogen-bond donors (Lipinski definition) is 0. The van der Waals surface area contributed by atoms with E-state index in [1.165, 1.54) is 19.3 Å². The van der Waals surface area contributed by atoms with Crippen LogP contribution in [0.1, 0.15) is 52.4 Å². The van der Waals surface area contributed by atoms with Crippen LogP contribution in [-0.4, -0.2) is 5.78 Å². The molecule has 0 bridgehead atoms. The first-order valence-corrected chi connectivity index (χ1v) is 4.33. The van der Waals surface area contributed by atoms with Crippen molar-refractivity contribution in [2.75, 3.05) is 0 Å². The van der Waals surface area contributed by atoms with Gasteiger partial charge in [0.25, 0.3) is 0 Å². The van der Waals surface area contributed by atoms with Crippen molar-refractivity contribution >= 4 is 18.2 Å². The van der Waals surface area contributed by atoms with Crippen LogP contribution in [-0.2, 0) is 4.79 Å². The second-order valence-corrected chi connectivity index (χ2v) is 2.70. The fraction of sp³-hybridized carbons (Fsp3) is 0.889. The lowest BCUT2D eigenvalue weighted by Crippen LogP contribution is -1.93. The third-order valence-electron chi connectivity index (χ3n) is 1.70. The molecule has 0 radical (unpaired) electrons. The lowest BCUT2D eigenvalue weighted by molar-refractivity contribution is -0.118. The Morgan fingerprint density at radius 1 is 1.09 bits per heavy atom. The number of carbonyl (C=O) groups excluding carboxylic acids is 1. The first-order chi connectivity index (χ1) is 4.81. The third-order valence-corrected chi connectivity index (χ3v) is 1.70. The Hall–Kier alpha value is -0.0400. The van der Waals surface area contributed by atoms with Crippen LogP contribution in [0.5, 0.6) is 0 Å². The summed E-state index contributed by atoms with van der Waals surface area (Å²) in [6.45, 7) is 4.11. The molecule has 1 nitrogen and oxygen atoms in total. The molecule has 0 aliphatic carbocycles. The van der Waals surface area contributed by atoms with Gasteiger partial charge in [0.15, 0.2) is 0 Å². The Labute approximate surface area is 76.0 Å². The van der Waals surface area contributed by atoms with Crippen molar-refractivity contribution < 1.29 is 4.79 Å². The highest BCUT2D eigenvalue weighted by atomic mass is 35.5. The molecule has 11 heavy (non-hydrogen) atoms. The summed E-state index contributed by atoms with van der Waals surface area (Å²) in [6.07, 6.45) is 6.36. The van der Waals surface area contributed by atoms with Crippen molar-refractivity contribution in [1.82, 2.24) is 0 Å². The summed E-state index contributed by atoms with van der Waals surface area (Å²) in [4.78, 5) is 10.8. The Balaban J connectivity index is 0. The Morgan fingerprint density at radius 2 is 1.73 bits per heavy atom. The highest BCUT2D eigenvalue weighted by molar-refractivity contribution is 5.85. The molecule has 0 aliphatic heterocycles. The van der Waals surface area contributed by atoms with Gasteiger partial charge in [0, 0.05) is 12.8 Å². The Morgan fingerprint density at radius 3 is 2.18 bits per heavy atom. The van der Waals surface area contributed by atoms with Crippen molar-refractivity contribution in [3.63, 3.8) is 0 Å². The van der Waals surface area contributed by atoms with E-state index in [9.17, 15) is 4.79 Å². The first kappa shape index (κ1) is 13.5. The summed E-state index contributed by atoms with van der Waals surface area (Å²) in [5.41, 5.74) is 0. The second-order valence-electron chi connectivity index (χ2n) is 2.70. The van der Waals surface area contributed by atoms with Crippen molar-refractivity contribution in [2.45, 2.75) is 52.4 Å². The van der Waals surface area contributed by atoms with Crippen LogP contribution in [0.4, 0.5) is 0 Å². The molecule has 0 saturated carbocycles. The van der Waals surface area contributed by atoms with Crippen LogP contribution in [0.25, 0.3) is 0 Å². The molecule has 0 amide bonds. The Bertz CT molecular complexity index is 91.6.